The zero-order chi connectivity index (χ0) is 11.8. The van der Waals surface area contributed by atoms with Crippen LogP contribution in [0.25, 0.3) is 10.2 Å². The number of hydrogen-bond donors (Lipinski definition) is 2. The highest BCUT2D eigenvalue weighted by molar-refractivity contribution is 7.22. The third kappa shape index (κ3) is 2.08. The highest BCUT2D eigenvalue weighted by Crippen LogP contribution is 2.32. The first-order chi connectivity index (χ1) is 8.22. The fourth-order valence-electron chi connectivity index (χ4n) is 2.13. The first kappa shape index (κ1) is 10.8. The number of thiazole rings is 1. The molecule has 0 unspecified atom stereocenters. The molecule has 3 rings (SSSR count). The maximum absolute atomic E-state index is 9.43. The number of rotatable bonds is 1. The van der Waals surface area contributed by atoms with Crippen molar-refractivity contribution in [2.75, 3.05) is 18.0 Å². The molecule has 0 atom stereocenters. The lowest BCUT2D eigenvalue weighted by molar-refractivity contribution is 0.476. The summed E-state index contributed by atoms with van der Waals surface area (Å²) in [6, 6.07) is 5.65. The number of nitrogens with two attached hydrogens (primary N) is 1. The number of fused-ring (bicyclic) bond motifs is 1. The van der Waals surface area contributed by atoms with Crippen molar-refractivity contribution < 1.29 is 5.11 Å². The van der Waals surface area contributed by atoms with Gasteiger partial charge in [-0.05, 0) is 31.0 Å². The van der Waals surface area contributed by atoms with Crippen LogP contribution in [0.3, 0.4) is 0 Å². The molecule has 0 saturated carbocycles. The molecule has 0 amide bonds. The summed E-state index contributed by atoms with van der Waals surface area (Å²) in [6.07, 6.45) is 2.06. The fourth-order valence-corrected chi connectivity index (χ4v) is 3.18. The molecule has 4 nitrogen and oxygen atoms in total. The quantitative estimate of drug-likeness (QED) is 0.810. The van der Waals surface area contributed by atoms with Gasteiger partial charge < -0.3 is 15.7 Å². The summed E-state index contributed by atoms with van der Waals surface area (Å²) in [7, 11) is 0. The van der Waals surface area contributed by atoms with Gasteiger partial charge in [0.15, 0.2) is 5.13 Å². The lowest BCUT2D eigenvalue weighted by Crippen LogP contribution is -2.39. The summed E-state index contributed by atoms with van der Waals surface area (Å²) in [6.45, 7) is 1.96. The average molecular weight is 249 g/mol. The highest BCUT2D eigenvalue weighted by Gasteiger charge is 2.19. The van der Waals surface area contributed by atoms with E-state index in [1.165, 1.54) is 0 Å². The minimum atomic E-state index is 0.299. The Bertz CT molecular complexity index is 532. The zero-order valence-electron chi connectivity index (χ0n) is 9.47. The SMILES string of the molecule is NC1CCN(c2nc3ccc(O)cc3s2)CC1. The third-order valence-electron chi connectivity index (χ3n) is 3.17. The van der Waals surface area contributed by atoms with E-state index >= 15 is 0 Å². The molecule has 1 aliphatic rings. The van der Waals surface area contributed by atoms with Gasteiger partial charge in [-0.3, -0.25) is 0 Å². The van der Waals surface area contributed by atoms with Gasteiger partial charge in [-0.1, -0.05) is 11.3 Å². The lowest BCUT2D eigenvalue weighted by Gasteiger charge is -2.29. The van der Waals surface area contributed by atoms with Gasteiger partial charge in [-0.2, -0.15) is 0 Å². The minimum Gasteiger partial charge on any atom is -0.508 e. The molecule has 2 aromatic rings. The molecule has 1 aromatic heterocycles. The molecule has 1 aromatic carbocycles. The van der Waals surface area contributed by atoms with Crippen LogP contribution in [0.15, 0.2) is 18.2 Å². The predicted molar refractivity (Wildman–Crippen MR) is 70.7 cm³/mol. The van der Waals surface area contributed by atoms with E-state index in [0.717, 1.165) is 41.3 Å². The van der Waals surface area contributed by atoms with Gasteiger partial charge in [0, 0.05) is 19.1 Å². The number of aromatic hydroxyl groups is 1. The Morgan fingerprint density at radius 2 is 2.12 bits per heavy atom. The minimum absolute atomic E-state index is 0.299. The van der Waals surface area contributed by atoms with Crippen LogP contribution < -0.4 is 10.6 Å². The molecule has 1 saturated heterocycles. The first-order valence-corrected chi connectivity index (χ1v) is 6.64. The van der Waals surface area contributed by atoms with Gasteiger partial charge in [0.05, 0.1) is 10.2 Å². The van der Waals surface area contributed by atoms with Crippen LogP contribution in [0.5, 0.6) is 5.75 Å². The molecule has 5 heteroatoms. The molecule has 0 bridgehead atoms. The van der Waals surface area contributed by atoms with E-state index in [0.29, 0.717) is 11.8 Å². The first-order valence-electron chi connectivity index (χ1n) is 5.82. The van der Waals surface area contributed by atoms with Gasteiger partial charge in [-0.25, -0.2) is 4.98 Å². The van der Waals surface area contributed by atoms with Crippen LogP contribution in [0, 0.1) is 0 Å². The van der Waals surface area contributed by atoms with Crippen LogP contribution in [0.2, 0.25) is 0 Å². The topological polar surface area (TPSA) is 62.4 Å². The lowest BCUT2D eigenvalue weighted by atomic mass is 10.1. The number of phenols is 1. The summed E-state index contributed by atoms with van der Waals surface area (Å²) in [5, 5.41) is 10.5. The van der Waals surface area contributed by atoms with E-state index in [9.17, 15) is 5.11 Å². The average Bonchev–Trinajstić information content (AvgIpc) is 2.72. The molecular weight excluding hydrogens is 234 g/mol. The van der Waals surface area contributed by atoms with Crippen molar-refractivity contribution in [2.24, 2.45) is 5.73 Å². The van der Waals surface area contributed by atoms with E-state index in [2.05, 4.69) is 9.88 Å². The normalized spacial score (nSPS) is 17.8. The second-order valence-electron chi connectivity index (χ2n) is 4.47. The summed E-state index contributed by atoms with van der Waals surface area (Å²) in [5.74, 6) is 0.299. The van der Waals surface area contributed by atoms with E-state index in [4.69, 9.17) is 5.73 Å². The van der Waals surface area contributed by atoms with Crippen molar-refractivity contribution in [3.8, 4) is 5.75 Å². The van der Waals surface area contributed by atoms with Gasteiger partial charge in [0.2, 0.25) is 0 Å². The number of phenolic OH excluding ortho intramolecular Hbond substituents is 1. The van der Waals surface area contributed by atoms with Gasteiger partial charge >= 0.3 is 0 Å². The summed E-state index contributed by atoms with van der Waals surface area (Å²) in [4.78, 5) is 6.88. The molecule has 1 fully saturated rings. The van der Waals surface area contributed by atoms with Crippen LogP contribution >= 0.6 is 11.3 Å². The molecule has 0 spiro atoms. The van der Waals surface area contributed by atoms with Gasteiger partial charge in [0.1, 0.15) is 5.75 Å². The number of aromatic nitrogens is 1. The van der Waals surface area contributed by atoms with Crippen LogP contribution in [0.4, 0.5) is 5.13 Å². The standard InChI is InChI=1S/C12H15N3OS/c13-8-3-5-15(6-4-8)12-14-10-2-1-9(16)7-11(10)17-12/h1-2,7-8,16H,3-6,13H2. The number of benzene rings is 1. The van der Waals surface area contributed by atoms with Gasteiger partial charge in [-0.15, -0.1) is 0 Å². The summed E-state index contributed by atoms with van der Waals surface area (Å²) < 4.78 is 1.04. The summed E-state index contributed by atoms with van der Waals surface area (Å²) >= 11 is 1.63. The largest absolute Gasteiger partial charge is 0.508 e. The van der Waals surface area contributed by atoms with Gasteiger partial charge in [0.25, 0.3) is 0 Å². The zero-order valence-corrected chi connectivity index (χ0v) is 10.3. The number of piperidine rings is 1. The Kier molecular flexibility index (Phi) is 2.64. The van der Waals surface area contributed by atoms with E-state index in [1.807, 2.05) is 6.07 Å². The van der Waals surface area contributed by atoms with Crippen LogP contribution in [-0.2, 0) is 0 Å². The maximum atomic E-state index is 9.43. The highest BCUT2D eigenvalue weighted by atomic mass is 32.1. The van der Waals surface area contributed by atoms with E-state index in [-0.39, 0.29) is 0 Å². The van der Waals surface area contributed by atoms with Crippen LogP contribution in [0.1, 0.15) is 12.8 Å². The number of anilines is 1. The Labute approximate surface area is 104 Å². The Balaban J connectivity index is 1.90. The molecule has 3 N–H and O–H groups in total. The molecule has 0 radical (unpaired) electrons. The smallest absolute Gasteiger partial charge is 0.186 e. The molecule has 1 aliphatic heterocycles. The molecular formula is C12H15N3OS. The second-order valence-corrected chi connectivity index (χ2v) is 5.48. The summed E-state index contributed by atoms with van der Waals surface area (Å²) in [5.41, 5.74) is 6.85. The van der Waals surface area contributed by atoms with Crippen molar-refractivity contribution in [3.63, 3.8) is 0 Å². The Hall–Kier alpha value is -1.33. The van der Waals surface area contributed by atoms with Crippen molar-refractivity contribution in [3.05, 3.63) is 18.2 Å². The van der Waals surface area contributed by atoms with Crippen LogP contribution in [-0.4, -0.2) is 29.2 Å². The molecule has 2 heterocycles. The monoisotopic (exact) mass is 249 g/mol. The van der Waals surface area contributed by atoms with Crippen molar-refractivity contribution >= 4 is 26.7 Å². The number of hydrogen-bond acceptors (Lipinski definition) is 5. The maximum Gasteiger partial charge on any atom is 0.186 e. The Morgan fingerprint density at radius 3 is 2.88 bits per heavy atom. The molecule has 0 aliphatic carbocycles. The van der Waals surface area contributed by atoms with Crippen molar-refractivity contribution in [1.82, 2.24) is 4.98 Å². The molecule has 90 valence electrons. The second kappa shape index (κ2) is 4.16. The van der Waals surface area contributed by atoms with Crippen molar-refractivity contribution in [2.45, 2.75) is 18.9 Å². The fraction of sp³-hybridized carbons (Fsp3) is 0.417. The van der Waals surface area contributed by atoms with E-state index < -0.39 is 0 Å². The molecule has 17 heavy (non-hydrogen) atoms. The third-order valence-corrected chi connectivity index (χ3v) is 4.25. The van der Waals surface area contributed by atoms with E-state index in [1.54, 1.807) is 23.5 Å². The van der Waals surface area contributed by atoms with Crippen molar-refractivity contribution in [1.29, 1.82) is 0 Å². The Morgan fingerprint density at radius 1 is 1.35 bits per heavy atom. The number of nitrogens with zero attached hydrogens (tertiary/aromatic N) is 2. The predicted octanol–water partition coefficient (Wildman–Crippen LogP) is 1.93.